The molecule has 1 aromatic carbocycles. The highest BCUT2D eigenvalue weighted by Crippen LogP contribution is 2.44. The molecule has 3 aromatic rings. The third-order valence-electron chi connectivity index (χ3n) is 6.75. The van der Waals surface area contributed by atoms with Crippen molar-refractivity contribution in [1.82, 2.24) is 9.78 Å². The number of nitrogens with one attached hydrogen (secondary N) is 2. The molecule has 1 aliphatic carbocycles. The smallest absolute Gasteiger partial charge is 0.410 e. The average molecular weight is 533 g/mol. The molecule has 1 amide bonds. The van der Waals surface area contributed by atoms with Crippen LogP contribution in [0.1, 0.15) is 81.5 Å². The van der Waals surface area contributed by atoms with Gasteiger partial charge in [-0.2, -0.15) is 18.3 Å². The van der Waals surface area contributed by atoms with Crippen molar-refractivity contribution in [2.24, 2.45) is 0 Å². The van der Waals surface area contributed by atoms with Crippen molar-refractivity contribution in [3.05, 3.63) is 63.7 Å². The Morgan fingerprint density at radius 3 is 2.68 bits per heavy atom. The highest BCUT2D eigenvalue weighted by molar-refractivity contribution is 7.17. The van der Waals surface area contributed by atoms with E-state index in [2.05, 4.69) is 15.7 Å². The number of aromatic nitrogens is 2. The molecule has 0 bridgehead atoms. The van der Waals surface area contributed by atoms with Crippen LogP contribution in [0.3, 0.4) is 0 Å². The second kappa shape index (κ2) is 10.2. The molecule has 2 aliphatic rings. The average Bonchev–Trinajstić information content (AvgIpc) is 3.37. The van der Waals surface area contributed by atoms with Gasteiger partial charge in [-0.3, -0.25) is 4.79 Å². The zero-order valence-electron chi connectivity index (χ0n) is 20.2. The molecule has 2 atom stereocenters. The Labute approximate surface area is 216 Å². The van der Waals surface area contributed by atoms with Gasteiger partial charge in [-0.15, -0.1) is 11.3 Å². The number of aryl methyl sites for hydroxylation is 1. The van der Waals surface area contributed by atoms with E-state index in [1.165, 1.54) is 17.4 Å². The second-order valence-electron chi connectivity index (χ2n) is 9.20. The summed E-state index contributed by atoms with van der Waals surface area (Å²) in [5.74, 6) is -1.08. The first-order valence-corrected chi connectivity index (χ1v) is 13.2. The summed E-state index contributed by atoms with van der Waals surface area (Å²) in [7, 11) is 0. The van der Waals surface area contributed by atoms with Crippen molar-refractivity contribution < 1.29 is 27.5 Å². The number of carbonyl (C=O) groups is 2. The molecule has 0 radical (unpaired) electrons. The fourth-order valence-corrected chi connectivity index (χ4v) is 6.28. The quantitative estimate of drug-likeness (QED) is 0.297. The molecule has 0 unspecified atom stereocenters. The van der Waals surface area contributed by atoms with Crippen LogP contribution in [-0.4, -0.2) is 34.4 Å². The van der Waals surface area contributed by atoms with E-state index in [-0.39, 0.29) is 24.5 Å². The molecule has 7 nitrogen and oxygen atoms in total. The SMILES string of the molecule is CCOC(=O)c1c(NC(=O)c2cc3n(n2)[C@@H](C(F)(F)F)C[C@@H](c2ccccc2)N3)sc2c1CCCCC2. The Morgan fingerprint density at radius 1 is 1.19 bits per heavy atom. The van der Waals surface area contributed by atoms with Crippen LogP contribution in [0.4, 0.5) is 24.0 Å². The van der Waals surface area contributed by atoms with Crippen molar-refractivity contribution in [1.29, 1.82) is 0 Å². The second-order valence-corrected chi connectivity index (χ2v) is 10.3. The normalized spacial score (nSPS) is 19.2. The van der Waals surface area contributed by atoms with E-state index in [0.29, 0.717) is 17.0 Å². The number of fused-ring (bicyclic) bond motifs is 2. The predicted octanol–water partition coefficient (Wildman–Crippen LogP) is 6.30. The number of ether oxygens (including phenoxy) is 1. The zero-order valence-corrected chi connectivity index (χ0v) is 21.0. The number of thiophene rings is 1. The van der Waals surface area contributed by atoms with Crippen LogP contribution in [0.25, 0.3) is 0 Å². The van der Waals surface area contributed by atoms with E-state index >= 15 is 0 Å². The van der Waals surface area contributed by atoms with Gasteiger partial charge in [0.25, 0.3) is 5.91 Å². The van der Waals surface area contributed by atoms with Crippen LogP contribution >= 0.6 is 11.3 Å². The van der Waals surface area contributed by atoms with Gasteiger partial charge < -0.3 is 15.4 Å². The summed E-state index contributed by atoms with van der Waals surface area (Å²) in [4.78, 5) is 27.0. The Balaban J connectivity index is 1.46. The Bertz CT molecular complexity index is 1300. The number of anilines is 2. The lowest BCUT2D eigenvalue weighted by molar-refractivity contribution is -0.173. The van der Waals surface area contributed by atoms with Gasteiger partial charge >= 0.3 is 12.1 Å². The number of nitrogens with zero attached hydrogens (tertiary/aromatic N) is 2. The molecule has 0 saturated carbocycles. The fourth-order valence-electron chi connectivity index (χ4n) is 5.01. The third kappa shape index (κ3) is 5.09. The van der Waals surface area contributed by atoms with Crippen LogP contribution in [0.2, 0.25) is 0 Å². The van der Waals surface area contributed by atoms with E-state index in [4.69, 9.17) is 4.74 Å². The van der Waals surface area contributed by atoms with E-state index in [0.717, 1.165) is 46.4 Å². The molecule has 37 heavy (non-hydrogen) atoms. The highest BCUT2D eigenvalue weighted by atomic mass is 32.1. The monoisotopic (exact) mass is 532 g/mol. The molecular weight excluding hydrogens is 505 g/mol. The van der Waals surface area contributed by atoms with E-state index in [1.807, 2.05) is 0 Å². The van der Waals surface area contributed by atoms with E-state index in [1.54, 1.807) is 37.3 Å². The summed E-state index contributed by atoms with van der Waals surface area (Å²) >= 11 is 1.33. The first kappa shape index (κ1) is 25.3. The maximum Gasteiger partial charge on any atom is 0.410 e. The third-order valence-corrected chi connectivity index (χ3v) is 7.96. The number of esters is 1. The molecule has 3 heterocycles. The number of rotatable bonds is 5. The molecule has 11 heteroatoms. The standard InChI is InChI=1S/C26H27F3N4O3S/c1-2-36-25(35)22-16-11-7-4-8-12-19(16)37-24(22)31-23(34)18-14-21-30-17(15-9-5-3-6-10-15)13-20(26(27,28)29)33(21)32-18/h3,5-6,9-10,14,17,20,30H,2,4,7-8,11-13H2,1H3,(H,31,34)/t17-,20+/m0/s1. The molecule has 0 spiro atoms. The highest BCUT2D eigenvalue weighted by Gasteiger charge is 2.47. The van der Waals surface area contributed by atoms with Gasteiger partial charge in [0.05, 0.1) is 18.2 Å². The van der Waals surface area contributed by atoms with Crippen molar-refractivity contribution in [3.8, 4) is 0 Å². The molecule has 2 N–H and O–H groups in total. The summed E-state index contributed by atoms with van der Waals surface area (Å²) < 4.78 is 48.1. The minimum absolute atomic E-state index is 0.111. The molecular formula is C26H27F3N4O3S. The van der Waals surface area contributed by atoms with Crippen LogP contribution < -0.4 is 10.6 Å². The van der Waals surface area contributed by atoms with Gasteiger partial charge in [0.2, 0.25) is 0 Å². The largest absolute Gasteiger partial charge is 0.462 e. The van der Waals surface area contributed by atoms with Crippen LogP contribution in [0.15, 0.2) is 36.4 Å². The van der Waals surface area contributed by atoms with E-state index < -0.39 is 30.1 Å². The zero-order chi connectivity index (χ0) is 26.2. The van der Waals surface area contributed by atoms with Crippen LogP contribution in [0, 0.1) is 0 Å². The minimum atomic E-state index is -4.55. The topological polar surface area (TPSA) is 85.2 Å². The lowest BCUT2D eigenvalue weighted by Gasteiger charge is -2.33. The first-order valence-electron chi connectivity index (χ1n) is 12.4. The number of benzene rings is 1. The molecule has 196 valence electrons. The Morgan fingerprint density at radius 2 is 1.95 bits per heavy atom. The first-order chi connectivity index (χ1) is 17.8. The number of carbonyl (C=O) groups excluding carboxylic acids is 2. The lowest BCUT2D eigenvalue weighted by atomic mass is 9.97. The Hall–Kier alpha value is -3.34. The van der Waals surface area contributed by atoms with Crippen LogP contribution in [-0.2, 0) is 17.6 Å². The predicted molar refractivity (Wildman–Crippen MR) is 134 cm³/mol. The summed E-state index contributed by atoms with van der Waals surface area (Å²) in [5, 5.41) is 10.2. The number of alkyl halides is 3. The molecule has 2 aromatic heterocycles. The molecule has 5 rings (SSSR count). The van der Waals surface area contributed by atoms with Crippen molar-refractivity contribution in [2.45, 2.75) is 63.7 Å². The van der Waals surface area contributed by atoms with E-state index in [9.17, 15) is 22.8 Å². The van der Waals surface area contributed by atoms with Crippen LogP contribution in [0.5, 0.6) is 0 Å². The van der Waals surface area contributed by atoms with Crippen molar-refractivity contribution in [3.63, 3.8) is 0 Å². The van der Waals surface area contributed by atoms with Gasteiger partial charge in [-0.1, -0.05) is 36.8 Å². The molecule has 1 aliphatic heterocycles. The van der Waals surface area contributed by atoms with Gasteiger partial charge in [0.1, 0.15) is 10.8 Å². The van der Waals surface area contributed by atoms with Gasteiger partial charge in [-0.05, 0) is 43.7 Å². The molecule has 0 fully saturated rings. The van der Waals surface area contributed by atoms with Gasteiger partial charge in [0, 0.05) is 17.4 Å². The summed E-state index contributed by atoms with van der Waals surface area (Å²) in [6.07, 6.45) is -0.303. The Kier molecular flexibility index (Phi) is 6.98. The number of halogens is 3. The number of hydrogen-bond donors (Lipinski definition) is 2. The summed E-state index contributed by atoms with van der Waals surface area (Å²) in [6, 6.07) is 7.73. The van der Waals surface area contributed by atoms with Crippen molar-refractivity contribution >= 4 is 34.0 Å². The minimum Gasteiger partial charge on any atom is -0.462 e. The number of hydrogen-bond acceptors (Lipinski definition) is 6. The lowest BCUT2D eigenvalue weighted by Crippen LogP contribution is -2.35. The maximum atomic E-state index is 14.0. The van der Waals surface area contributed by atoms with Gasteiger partial charge in [0.15, 0.2) is 11.7 Å². The summed E-state index contributed by atoms with van der Waals surface area (Å²) in [5.41, 5.74) is 1.79. The fraction of sp³-hybridized carbons (Fsp3) is 0.423. The number of amides is 1. The summed E-state index contributed by atoms with van der Waals surface area (Å²) in [6.45, 7) is 1.90. The van der Waals surface area contributed by atoms with Crippen molar-refractivity contribution in [2.75, 3.05) is 17.2 Å². The van der Waals surface area contributed by atoms with Gasteiger partial charge in [-0.25, -0.2) is 9.48 Å². The molecule has 0 saturated heterocycles. The maximum absolute atomic E-state index is 14.0.